The van der Waals surface area contributed by atoms with E-state index < -0.39 is 24.6 Å². The lowest BCUT2D eigenvalue weighted by Gasteiger charge is -2.26. The summed E-state index contributed by atoms with van der Waals surface area (Å²) in [6, 6.07) is 3.80. The Balaban J connectivity index is 2.76. The maximum Gasteiger partial charge on any atom is 0.401 e. The molecule has 1 aromatic rings. The van der Waals surface area contributed by atoms with E-state index in [1.165, 1.54) is 25.3 Å². The third-order valence-corrected chi connectivity index (χ3v) is 3.04. The van der Waals surface area contributed by atoms with Crippen molar-refractivity contribution in [3.8, 4) is 0 Å². The second-order valence-electron chi connectivity index (χ2n) is 4.86. The zero-order valence-electron chi connectivity index (χ0n) is 12.0. The predicted octanol–water partition coefficient (Wildman–Crippen LogP) is 2.68. The van der Waals surface area contributed by atoms with Gasteiger partial charge in [-0.05, 0) is 30.2 Å². The molecule has 1 N–H and O–H groups in total. The number of aryl methyl sites for hydroxylation is 1. The van der Waals surface area contributed by atoms with Gasteiger partial charge >= 0.3 is 6.18 Å². The molecule has 0 bridgehead atoms. The summed E-state index contributed by atoms with van der Waals surface area (Å²) >= 11 is 0. The summed E-state index contributed by atoms with van der Waals surface area (Å²) in [7, 11) is 1.40. The fraction of sp³-hybridized carbons (Fsp3) is 0.571. The van der Waals surface area contributed by atoms with Crippen LogP contribution in [0.4, 0.5) is 17.6 Å². The normalized spacial score (nSPS) is 13.7. The first-order chi connectivity index (χ1) is 9.73. The van der Waals surface area contributed by atoms with Crippen LogP contribution in [0.1, 0.15) is 17.2 Å². The van der Waals surface area contributed by atoms with E-state index in [1.54, 1.807) is 6.92 Å². The summed E-state index contributed by atoms with van der Waals surface area (Å²) in [4.78, 5) is 1.07. The van der Waals surface area contributed by atoms with E-state index >= 15 is 0 Å². The van der Waals surface area contributed by atoms with E-state index in [4.69, 9.17) is 4.74 Å². The second-order valence-corrected chi connectivity index (χ2v) is 4.86. The molecule has 0 aliphatic carbocycles. The van der Waals surface area contributed by atoms with Crippen molar-refractivity contribution in [1.29, 1.82) is 0 Å². The van der Waals surface area contributed by atoms with E-state index in [0.29, 0.717) is 11.1 Å². The van der Waals surface area contributed by atoms with Gasteiger partial charge in [-0.2, -0.15) is 13.2 Å². The molecule has 1 rings (SSSR count). The second kappa shape index (κ2) is 7.72. The molecule has 0 spiro atoms. The smallest absolute Gasteiger partial charge is 0.387 e. The summed E-state index contributed by atoms with van der Waals surface area (Å²) < 4.78 is 55.3. The van der Waals surface area contributed by atoms with Crippen molar-refractivity contribution in [2.75, 3.05) is 33.4 Å². The predicted molar refractivity (Wildman–Crippen MR) is 70.5 cm³/mol. The van der Waals surface area contributed by atoms with Crippen LogP contribution >= 0.6 is 0 Å². The molecular formula is C14H19F4NO2. The lowest BCUT2D eigenvalue weighted by atomic mass is 10.0. The summed E-state index contributed by atoms with van der Waals surface area (Å²) in [6.45, 7) is 0.451. The van der Waals surface area contributed by atoms with Crippen molar-refractivity contribution in [3.05, 3.63) is 35.1 Å². The highest BCUT2D eigenvalue weighted by Gasteiger charge is 2.31. The quantitative estimate of drug-likeness (QED) is 0.786. The zero-order chi connectivity index (χ0) is 16.0. The van der Waals surface area contributed by atoms with Crippen molar-refractivity contribution in [1.82, 2.24) is 4.90 Å². The van der Waals surface area contributed by atoms with Gasteiger partial charge in [0, 0.05) is 20.2 Å². The van der Waals surface area contributed by atoms with Gasteiger partial charge in [0.2, 0.25) is 0 Å². The van der Waals surface area contributed by atoms with E-state index in [9.17, 15) is 22.7 Å². The molecule has 0 amide bonds. The molecule has 3 nitrogen and oxygen atoms in total. The molecule has 21 heavy (non-hydrogen) atoms. The van der Waals surface area contributed by atoms with Gasteiger partial charge in [0.1, 0.15) is 5.82 Å². The maximum absolute atomic E-state index is 13.0. The molecule has 0 heterocycles. The van der Waals surface area contributed by atoms with Gasteiger partial charge in [0.25, 0.3) is 0 Å². The summed E-state index contributed by atoms with van der Waals surface area (Å²) in [5.74, 6) is -0.449. The first kappa shape index (κ1) is 17.9. The van der Waals surface area contributed by atoms with Crippen LogP contribution in [0, 0.1) is 12.7 Å². The Hall–Kier alpha value is -1.18. The van der Waals surface area contributed by atoms with Gasteiger partial charge in [0.15, 0.2) is 0 Å². The van der Waals surface area contributed by atoms with E-state index in [0.717, 1.165) is 4.90 Å². The largest absolute Gasteiger partial charge is 0.401 e. The molecular weight excluding hydrogens is 290 g/mol. The Kier molecular flexibility index (Phi) is 6.57. The van der Waals surface area contributed by atoms with Crippen LogP contribution in [-0.2, 0) is 4.74 Å². The summed E-state index contributed by atoms with van der Waals surface area (Å²) in [5, 5.41) is 10.1. The Morgan fingerprint density at radius 1 is 1.33 bits per heavy atom. The molecule has 0 saturated heterocycles. The Labute approximate surface area is 121 Å². The van der Waals surface area contributed by atoms with E-state index in [-0.39, 0.29) is 19.7 Å². The van der Waals surface area contributed by atoms with Crippen LogP contribution in [-0.4, -0.2) is 49.5 Å². The number of rotatable bonds is 7. The number of hydrogen-bond acceptors (Lipinski definition) is 3. The minimum absolute atomic E-state index is 0.0489. The Bertz CT molecular complexity index is 451. The van der Waals surface area contributed by atoms with Crippen LogP contribution in [0.15, 0.2) is 18.2 Å². The molecule has 1 unspecified atom stereocenters. The SMILES string of the molecule is COCCN(CC(O)c1ccc(F)cc1C)CC(F)(F)F. The highest BCUT2D eigenvalue weighted by molar-refractivity contribution is 5.28. The zero-order valence-corrected chi connectivity index (χ0v) is 12.0. The lowest BCUT2D eigenvalue weighted by Crippen LogP contribution is -2.39. The Morgan fingerprint density at radius 3 is 2.52 bits per heavy atom. The summed E-state index contributed by atoms with van der Waals surface area (Å²) in [5.41, 5.74) is 0.919. The van der Waals surface area contributed by atoms with Gasteiger partial charge in [-0.1, -0.05) is 6.07 Å². The molecule has 7 heteroatoms. The molecule has 0 aliphatic rings. The third-order valence-electron chi connectivity index (χ3n) is 3.04. The molecule has 0 radical (unpaired) electrons. The minimum atomic E-state index is -4.36. The van der Waals surface area contributed by atoms with Gasteiger partial charge in [-0.3, -0.25) is 4.90 Å². The standard InChI is InChI=1S/C14H19F4NO2/c1-10-7-11(15)3-4-12(10)13(20)8-19(5-6-21-2)9-14(16,17)18/h3-4,7,13,20H,5-6,8-9H2,1-2H3. The number of benzene rings is 1. The number of aliphatic hydroxyl groups is 1. The molecule has 0 saturated carbocycles. The van der Waals surface area contributed by atoms with Gasteiger partial charge in [-0.25, -0.2) is 4.39 Å². The van der Waals surface area contributed by atoms with Crippen LogP contribution in [0.25, 0.3) is 0 Å². The van der Waals surface area contributed by atoms with Crippen LogP contribution < -0.4 is 0 Å². The molecule has 1 atom stereocenters. The first-order valence-electron chi connectivity index (χ1n) is 6.45. The number of halogens is 4. The van der Waals surface area contributed by atoms with Crippen molar-refractivity contribution in [2.24, 2.45) is 0 Å². The fourth-order valence-electron chi connectivity index (χ4n) is 2.06. The van der Waals surface area contributed by atoms with Crippen LogP contribution in [0.3, 0.4) is 0 Å². The lowest BCUT2D eigenvalue weighted by molar-refractivity contribution is -0.149. The van der Waals surface area contributed by atoms with Crippen molar-refractivity contribution in [2.45, 2.75) is 19.2 Å². The maximum atomic E-state index is 13.0. The molecule has 0 aliphatic heterocycles. The highest BCUT2D eigenvalue weighted by atomic mass is 19.4. The van der Waals surface area contributed by atoms with Crippen LogP contribution in [0.2, 0.25) is 0 Å². The van der Waals surface area contributed by atoms with Crippen molar-refractivity contribution < 1.29 is 27.4 Å². The van der Waals surface area contributed by atoms with Gasteiger partial charge in [0.05, 0.1) is 19.3 Å². The number of nitrogens with zero attached hydrogens (tertiary/aromatic N) is 1. The average Bonchev–Trinajstić information content (AvgIpc) is 2.33. The molecule has 1 aromatic carbocycles. The number of methoxy groups -OCH3 is 1. The highest BCUT2D eigenvalue weighted by Crippen LogP contribution is 2.22. The number of alkyl halides is 3. The van der Waals surface area contributed by atoms with Crippen molar-refractivity contribution >= 4 is 0 Å². The summed E-state index contributed by atoms with van der Waals surface area (Å²) in [6.07, 6.45) is -5.48. The van der Waals surface area contributed by atoms with Gasteiger partial charge < -0.3 is 9.84 Å². The topological polar surface area (TPSA) is 32.7 Å². The van der Waals surface area contributed by atoms with Gasteiger partial charge in [-0.15, -0.1) is 0 Å². The van der Waals surface area contributed by atoms with E-state index in [1.807, 2.05) is 0 Å². The van der Waals surface area contributed by atoms with Crippen LogP contribution in [0.5, 0.6) is 0 Å². The monoisotopic (exact) mass is 309 g/mol. The first-order valence-corrected chi connectivity index (χ1v) is 6.45. The molecule has 0 fully saturated rings. The molecule has 0 aromatic heterocycles. The molecule has 120 valence electrons. The fourth-order valence-corrected chi connectivity index (χ4v) is 2.06. The minimum Gasteiger partial charge on any atom is -0.387 e. The van der Waals surface area contributed by atoms with E-state index in [2.05, 4.69) is 0 Å². The average molecular weight is 309 g/mol. The number of ether oxygens (including phenoxy) is 1. The Morgan fingerprint density at radius 2 is 2.00 bits per heavy atom. The number of hydrogen-bond donors (Lipinski definition) is 1. The number of aliphatic hydroxyl groups excluding tert-OH is 1. The third kappa shape index (κ3) is 6.41. The van der Waals surface area contributed by atoms with Crippen molar-refractivity contribution in [3.63, 3.8) is 0 Å².